The van der Waals surface area contributed by atoms with Crippen LogP contribution in [0.25, 0.3) is 0 Å². The minimum Gasteiger partial charge on any atom is -0.483 e. The fourth-order valence-electron chi connectivity index (χ4n) is 2.62. The number of amides is 1. The summed E-state index contributed by atoms with van der Waals surface area (Å²) in [6.07, 6.45) is 0. The SMILES string of the molecule is Cc1oc(CN(C)C(=O)COc2ccccc2C(C)(C)C)cc1C(=O)O. The van der Waals surface area contributed by atoms with E-state index in [4.69, 9.17) is 14.3 Å². The van der Waals surface area contributed by atoms with Crippen LogP contribution >= 0.6 is 0 Å². The van der Waals surface area contributed by atoms with Gasteiger partial charge in [-0.15, -0.1) is 0 Å². The average molecular weight is 359 g/mol. The number of aryl methyl sites for hydroxylation is 1. The molecule has 0 aliphatic carbocycles. The number of rotatable bonds is 6. The van der Waals surface area contributed by atoms with Gasteiger partial charge < -0.3 is 19.2 Å². The molecule has 2 rings (SSSR count). The molecule has 0 atom stereocenters. The number of carbonyl (C=O) groups excluding carboxylic acids is 1. The second-order valence-corrected chi connectivity index (χ2v) is 7.27. The Morgan fingerprint density at radius 2 is 1.88 bits per heavy atom. The Morgan fingerprint density at radius 1 is 1.23 bits per heavy atom. The predicted molar refractivity (Wildman–Crippen MR) is 97.5 cm³/mol. The standard InChI is InChI=1S/C20H25NO5/c1-13-15(19(23)24)10-14(26-13)11-21(5)18(22)12-25-17-9-7-6-8-16(17)20(2,3)4/h6-10H,11-12H2,1-5H3,(H,23,24). The Kier molecular flexibility index (Phi) is 5.75. The molecule has 0 fully saturated rings. The van der Waals surface area contributed by atoms with E-state index in [9.17, 15) is 9.59 Å². The van der Waals surface area contributed by atoms with Crippen molar-refractivity contribution < 1.29 is 23.8 Å². The van der Waals surface area contributed by atoms with Crippen molar-refractivity contribution in [3.05, 3.63) is 53.0 Å². The molecular formula is C20H25NO5. The van der Waals surface area contributed by atoms with Crippen LogP contribution in [-0.2, 0) is 16.8 Å². The Bertz CT molecular complexity index is 801. The molecule has 6 nitrogen and oxygen atoms in total. The molecule has 1 N–H and O–H groups in total. The van der Waals surface area contributed by atoms with Crippen LogP contribution in [0.15, 0.2) is 34.7 Å². The minimum absolute atomic E-state index is 0.0928. The summed E-state index contributed by atoms with van der Waals surface area (Å²) in [5.74, 6) is 0.159. The Morgan fingerprint density at radius 3 is 2.46 bits per heavy atom. The number of benzene rings is 1. The highest BCUT2D eigenvalue weighted by Crippen LogP contribution is 2.30. The number of carboxylic acid groups (broad SMARTS) is 1. The summed E-state index contributed by atoms with van der Waals surface area (Å²) in [5, 5.41) is 9.06. The van der Waals surface area contributed by atoms with Gasteiger partial charge in [-0.25, -0.2) is 4.79 Å². The first-order chi connectivity index (χ1) is 12.1. The lowest BCUT2D eigenvalue weighted by molar-refractivity contribution is -0.132. The molecule has 0 bridgehead atoms. The zero-order valence-corrected chi connectivity index (χ0v) is 15.8. The quantitative estimate of drug-likeness (QED) is 0.852. The molecule has 0 unspecified atom stereocenters. The minimum atomic E-state index is -1.05. The molecule has 0 saturated heterocycles. The fourth-order valence-corrected chi connectivity index (χ4v) is 2.62. The first-order valence-electron chi connectivity index (χ1n) is 8.38. The second kappa shape index (κ2) is 7.64. The second-order valence-electron chi connectivity index (χ2n) is 7.27. The number of hydrogen-bond donors (Lipinski definition) is 1. The van der Waals surface area contributed by atoms with Gasteiger partial charge >= 0.3 is 5.97 Å². The summed E-state index contributed by atoms with van der Waals surface area (Å²) in [4.78, 5) is 24.9. The summed E-state index contributed by atoms with van der Waals surface area (Å²) >= 11 is 0. The molecule has 0 saturated carbocycles. The van der Waals surface area contributed by atoms with E-state index in [1.54, 1.807) is 14.0 Å². The van der Waals surface area contributed by atoms with E-state index in [-0.39, 0.29) is 30.0 Å². The molecule has 0 spiro atoms. The van der Waals surface area contributed by atoms with E-state index >= 15 is 0 Å². The molecule has 2 aromatic rings. The molecule has 26 heavy (non-hydrogen) atoms. The van der Waals surface area contributed by atoms with Crippen LogP contribution in [0.4, 0.5) is 0 Å². The molecule has 0 aliphatic heterocycles. The summed E-state index contributed by atoms with van der Waals surface area (Å²) in [6, 6.07) is 9.10. The van der Waals surface area contributed by atoms with Gasteiger partial charge in [0.2, 0.25) is 0 Å². The third-order valence-electron chi connectivity index (χ3n) is 4.06. The van der Waals surface area contributed by atoms with Crippen LogP contribution in [0.1, 0.15) is 48.2 Å². The van der Waals surface area contributed by atoms with Gasteiger partial charge in [0.05, 0.1) is 6.54 Å². The zero-order valence-electron chi connectivity index (χ0n) is 15.8. The molecule has 6 heteroatoms. The molecule has 1 amide bonds. The van der Waals surface area contributed by atoms with Crippen molar-refractivity contribution >= 4 is 11.9 Å². The topological polar surface area (TPSA) is 80.0 Å². The molecule has 0 aliphatic rings. The van der Waals surface area contributed by atoms with Gasteiger partial charge in [-0.05, 0) is 30.0 Å². The van der Waals surface area contributed by atoms with E-state index in [0.29, 0.717) is 17.3 Å². The van der Waals surface area contributed by atoms with Gasteiger partial charge in [0.25, 0.3) is 5.91 Å². The van der Waals surface area contributed by atoms with Gasteiger partial charge in [0.15, 0.2) is 6.61 Å². The number of likely N-dealkylation sites (N-methyl/N-ethyl adjacent to an activating group) is 1. The molecule has 1 aromatic carbocycles. The lowest BCUT2D eigenvalue weighted by Gasteiger charge is -2.23. The fraction of sp³-hybridized carbons (Fsp3) is 0.400. The lowest BCUT2D eigenvalue weighted by Crippen LogP contribution is -2.31. The summed E-state index contributed by atoms with van der Waals surface area (Å²) in [6.45, 7) is 7.92. The maximum atomic E-state index is 12.4. The van der Waals surface area contributed by atoms with Gasteiger partial charge in [0, 0.05) is 7.05 Å². The first kappa shape index (κ1) is 19.6. The van der Waals surface area contributed by atoms with Gasteiger partial charge in [0.1, 0.15) is 22.8 Å². The number of carbonyl (C=O) groups is 2. The van der Waals surface area contributed by atoms with Crippen molar-refractivity contribution in [3.8, 4) is 5.75 Å². The Balaban J connectivity index is 2.00. The third-order valence-corrected chi connectivity index (χ3v) is 4.06. The summed E-state index contributed by atoms with van der Waals surface area (Å²) < 4.78 is 11.1. The van der Waals surface area contributed by atoms with Gasteiger partial charge in [-0.1, -0.05) is 39.0 Å². The smallest absolute Gasteiger partial charge is 0.339 e. The Labute approximate surface area is 153 Å². The van der Waals surface area contributed by atoms with Gasteiger partial charge in [-0.2, -0.15) is 0 Å². The zero-order chi connectivity index (χ0) is 19.5. The van der Waals surface area contributed by atoms with Crippen molar-refractivity contribution in [2.75, 3.05) is 13.7 Å². The highest BCUT2D eigenvalue weighted by molar-refractivity contribution is 5.88. The highest BCUT2D eigenvalue weighted by atomic mass is 16.5. The third kappa shape index (κ3) is 4.65. The molecule has 140 valence electrons. The average Bonchev–Trinajstić information content (AvgIpc) is 2.92. The number of nitrogens with zero attached hydrogens (tertiary/aromatic N) is 1. The van der Waals surface area contributed by atoms with Crippen LogP contribution in [0.5, 0.6) is 5.75 Å². The number of aromatic carboxylic acids is 1. The van der Waals surface area contributed by atoms with Crippen LogP contribution in [0.3, 0.4) is 0 Å². The van der Waals surface area contributed by atoms with E-state index in [2.05, 4.69) is 20.8 Å². The Hall–Kier alpha value is -2.76. The number of ether oxygens (including phenoxy) is 1. The monoisotopic (exact) mass is 359 g/mol. The van der Waals surface area contributed by atoms with E-state index in [1.807, 2.05) is 24.3 Å². The van der Waals surface area contributed by atoms with Crippen molar-refractivity contribution in [2.24, 2.45) is 0 Å². The number of furan rings is 1. The van der Waals surface area contributed by atoms with Crippen LogP contribution < -0.4 is 4.74 Å². The summed E-state index contributed by atoms with van der Waals surface area (Å²) in [7, 11) is 1.62. The lowest BCUT2D eigenvalue weighted by atomic mass is 9.86. The molecular weight excluding hydrogens is 334 g/mol. The highest BCUT2D eigenvalue weighted by Gasteiger charge is 2.20. The van der Waals surface area contributed by atoms with Crippen LogP contribution in [0.2, 0.25) is 0 Å². The molecule has 0 radical (unpaired) electrons. The molecule has 1 aromatic heterocycles. The normalized spacial score (nSPS) is 11.3. The van der Waals surface area contributed by atoms with Crippen molar-refractivity contribution in [2.45, 2.75) is 39.7 Å². The van der Waals surface area contributed by atoms with Crippen LogP contribution in [0, 0.1) is 6.92 Å². The van der Waals surface area contributed by atoms with Crippen molar-refractivity contribution in [3.63, 3.8) is 0 Å². The van der Waals surface area contributed by atoms with E-state index in [1.165, 1.54) is 11.0 Å². The number of carboxylic acids is 1. The summed E-state index contributed by atoms with van der Waals surface area (Å²) in [5.41, 5.74) is 1.05. The maximum Gasteiger partial charge on any atom is 0.339 e. The number of para-hydroxylation sites is 1. The van der Waals surface area contributed by atoms with E-state index < -0.39 is 5.97 Å². The maximum absolute atomic E-state index is 12.4. The van der Waals surface area contributed by atoms with Crippen LogP contribution in [-0.4, -0.2) is 35.5 Å². The molecule has 1 heterocycles. The van der Waals surface area contributed by atoms with Gasteiger partial charge in [-0.3, -0.25) is 4.79 Å². The first-order valence-corrected chi connectivity index (χ1v) is 8.38. The van der Waals surface area contributed by atoms with E-state index in [0.717, 1.165) is 5.56 Å². The predicted octanol–water partition coefficient (Wildman–Crippen LogP) is 3.62. The largest absolute Gasteiger partial charge is 0.483 e. The van der Waals surface area contributed by atoms with Crippen molar-refractivity contribution in [1.29, 1.82) is 0 Å². The van der Waals surface area contributed by atoms with Crippen molar-refractivity contribution in [1.82, 2.24) is 4.90 Å². The number of hydrogen-bond acceptors (Lipinski definition) is 4.